The molecule has 8 nitrogen and oxygen atoms in total. The molecule has 0 saturated carbocycles. The van der Waals surface area contributed by atoms with E-state index in [-0.39, 0.29) is 4.90 Å². The molecule has 0 spiro atoms. The Morgan fingerprint density at radius 1 is 1.00 bits per heavy atom. The highest BCUT2D eigenvalue weighted by Gasteiger charge is 2.21. The first-order valence-corrected chi connectivity index (χ1v) is 13.0. The van der Waals surface area contributed by atoms with Crippen molar-refractivity contribution >= 4 is 27.2 Å². The summed E-state index contributed by atoms with van der Waals surface area (Å²) in [6.07, 6.45) is 0.788. The summed E-state index contributed by atoms with van der Waals surface area (Å²) in [7, 11) is -4.04. The number of carbonyl (C=O) groups excluding carboxylic acids is 1. The van der Waals surface area contributed by atoms with Crippen LogP contribution in [0, 0.1) is 13.8 Å². The van der Waals surface area contributed by atoms with Crippen molar-refractivity contribution in [3.63, 3.8) is 0 Å². The molecule has 4 aromatic rings. The van der Waals surface area contributed by atoms with Crippen LogP contribution in [0.3, 0.4) is 0 Å². The number of nitrogens with zero attached hydrogens (tertiary/aromatic N) is 3. The molecule has 2 amide bonds. The van der Waals surface area contributed by atoms with Crippen LogP contribution in [-0.4, -0.2) is 35.5 Å². The van der Waals surface area contributed by atoms with Crippen molar-refractivity contribution in [2.24, 2.45) is 0 Å². The Balaban J connectivity index is 1.66. The van der Waals surface area contributed by atoms with Crippen LogP contribution in [-0.2, 0) is 23.0 Å². The maximum absolute atomic E-state index is 12.9. The Morgan fingerprint density at radius 2 is 1.71 bits per heavy atom. The highest BCUT2D eigenvalue weighted by molar-refractivity contribution is 7.90. The first-order chi connectivity index (χ1) is 16.7. The number of hydrogen-bond donors (Lipinski definition) is 2. The van der Waals surface area contributed by atoms with E-state index < -0.39 is 16.1 Å². The summed E-state index contributed by atoms with van der Waals surface area (Å²) in [5.41, 5.74) is 6.15. The van der Waals surface area contributed by atoms with E-state index in [1.807, 2.05) is 37.3 Å². The number of benzene rings is 2. The summed E-state index contributed by atoms with van der Waals surface area (Å²) in [6, 6.07) is 15.7. The number of urea groups is 1. The Bertz CT molecular complexity index is 1490. The molecule has 0 unspecified atom stereocenters. The van der Waals surface area contributed by atoms with Gasteiger partial charge in [-0.15, -0.1) is 0 Å². The second kappa shape index (κ2) is 9.87. The SMILES string of the molecule is CCNC(=O)NS(=O)(=O)c1ccccc1-c1ccc(Cn2c(CC)nc3c(C)cc(C)nc32)cc1. The second-order valence-electron chi connectivity index (χ2n) is 8.38. The van der Waals surface area contributed by atoms with Crippen LogP contribution in [0.5, 0.6) is 0 Å². The van der Waals surface area contributed by atoms with Gasteiger partial charge in [-0.25, -0.2) is 27.9 Å². The van der Waals surface area contributed by atoms with Crippen molar-refractivity contribution < 1.29 is 13.2 Å². The van der Waals surface area contributed by atoms with Gasteiger partial charge in [0.2, 0.25) is 0 Å². The van der Waals surface area contributed by atoms with Gasteiger partial charge < -0.3 is 9.88 Å². The molecule has 0 aliphatic heterocycles. The molecule has 0 atom stereocenters. The maximum Gasteiger partial charge on any atom is 0.328 e. The Labute approximate surface area is 205 Å². The standard InChI is InChI=1S/C26H29N5O3S/c1-5-23-29-24-17(3)15-18(4)28-25(24)31(23)16-19-11-13-20(14-12-19)21-9-7-8-10-22(21)35(33,34)30-26(32)27-6-2/h7-15H,5-6,16H2,1-4H3,(H2,27,30,32). The molecule has 0 fully saturated rings. The van der Waals surface area contributed by atoms with E-state index in [1.54, 1.807) is 25.1 Å². The van der Waals surface area contributed by atoms with E-state index in [1.165, 1.54) is 6.07 Å². The van der Waals surface area contributed by atoms with Gasteiger partial charge in [0.1, 0.15) is 11.3 Å². The number of hydrogen-bond acceptors (Lipinski definition) is 5. The van der Waals surface area contributed by atoms with E-state index in [9.17, 15) is 13.2 Å². The van der Waals surface area contributed by atoms with Crippen molar-refractivity contribution in [1.82, 2.24) is 24.6 Å². The van der Waals surface area contributed by atoms with Gasteiger partial charge in [0.15, 0.2) is 5.65 Å². The number of imidazole rings is 1. The lowest BCUT2D eigenvalue weighted by molar-refractivity contribution is 0.246. The number of pyridine rings is 1. The zero-order valence-electron chi connectivity index (χ0n) is 20.3. The fourth-order valence-corrected chi connectivity index (χ4v) is 5.33. The Hall–Kier alpha value is -3.72. The van der Waals surface area contributed by atoms with Gasteiger partial charge in [-0.1, -0.05) is 49.4 Å². The van der Waals surface area contributed by atoms with Crippen molar-refractivity contribution in [2.45, 2.75) is 45.6 Å². The molecule has 2 heterocycles. The lowest BCUT2D eigenvalue weighted by Crippen LogP contribution is -2.39. The van der Waals surface area contributed by atoms with Crippen LogP contribution in [0.4, 0.5) is 4.79 Å². The smallest absolute Gasteiger partial charge is 0.328 e. The molecule has 0 radical (unpaired) electrons. The van der Waals surface area contributed by atoms with Gasteiger partial charge in [-0.3, -0.25) is 0 Å². The third-order valence-electron chi connectivity index (χ3n) is 5.76. The van der Waals surface area contributed by atoms with Crippen LogP contribution in [0.2, 0.25) is 0 Å². The quantitative estimate of drug-likeness (QED) is 0.400. The molecule has 0 aliphatic carbocycles. The molecule has 2 aromatic carbocycles. The van der Waals surface area contributed by atoms with Crippen molar-refractivity contribution in [3.05, 3.63) is 77.2 Å². The van der Waals surface area contributed by atoms with Gasteiger partial charge in [0.05, 0.1) is 11.4 Å². The molecular formula is C26H29N5O3S. The van der Waals surface area contributed by atoms with Crippen LogP contribution >= 0.6 is 0 Å². The number of nitrogens with one attached hydrogen (secondary N) is 2. The van der Waals surface area contributed by atoms with Crippen molar-refractivity contribution in [2.75, 3.05) is 6.54 Å². The van der Waals surface area contributed by atoms with Gasteiger partial charge in [-0.2, -0.15) is 0 Å². The van der Waals surface area contributed by atoms with Crippen molar-refractivity contribution in [3.8, 4) is 11.1 Å². The molecular weight excluding hydrogens is 462 g/mol. The molecule has 0 aliphatic rings. The zero-order chi connectivity index (χ0) is 25.2. The van der Waals surface area contributed by atoms with Crippen molar-refractivity contribution in [1.29, 1.82) is 0 Å². The number of rotatable bonds is 7. The molecule has 0 saturated heterocycles. The fourth-order valence-electron chi connectivity index (χ4n) is 4.17. The minimum absolute atomic E-state index is 0.0445. The molecule has 4 rings (SSSR count). The van der Waals surface area contributed by atoms with Gasteiger partial charge in [-0.05, 0) is 49.6 Å². The monoisotopic (exact) mass is 491 g/mol. The normalized spacial score (nSPS) is 11.5. The third kappa shape index (κ3) is 5.05. The van der Waals surface area contributed by atoms with E-state index >= 15 is 0 Å². The maximum atomic E-state index is 12.9. The van der Waals surface area contributed by atoms with E-state index in [0.717, 1.165) is 45.8 Å². The minimum Gasteiger partial charge on any atom is -0.338 e. The van der Waals surface area contributed by atoms with E-state index in [2.05, 4.69) is 28.5 Å². The van der Waals surface area contributed by atoms with E-state index in [0.29, 0.717) is 18.7 Å². The largest absolute Gasteiger partial charge is 0.338 e. The predicted molar refractivity (Wildman–Crippen MR) is 137 cm³/mol. The highest BCUT2D eigenvalue weighted by Crippen LogP contribution is 2.28. The molecule has 182 valence electrons. The first kappa shape index (κ1) is 24.4. The van der Waals surface area contributed by atoms with E-state index in [4.69, 9.17) is 9.97 Å². The number of sulfonamides is 1. The zero-order valence-corrected chi connectivity index (χ0v) is 21.1. The summed E-state index contributed by atoms with van der Waals surface area (Å²) >= 11 is 0. The lowest BCUT2D eigenvalue weighted by Gasteiger charge is -2.13. The lowest BCUT2D eigenvalue weighted by atomic mass is 10.0. The summed E-state index contributed by atoms with van der Waals surface area (Å²) in [6.45, 7) is 8.76. The summed E-state index contributed by atoms with van der Waals surface area (Å²) < 4.78 is 29.9. The number of aromatic nitrogens is 3. The Morgan fingerprint density at radius 3 is 2.40 bits per heavy atom. The van der Waals surface area contributed by atoms with Crippen LogP contribution < -0.4 is 10.0 Å². The molecule has 0 bridgehead atoms. The predicted octanol–water partition coefficient (Wildman–Crippen LogP) is 4.33. The molecule has 2 aromatic heterocycles. The van der Waals surface area contributed by atoms with Crippen LogP contribution in [0.1, 0.15) is 36.5 Å². The molecule has 2 N–H and O–H groups in total. The highest BCUT2D eigenvalue weighted by atomic mass is 32.2. The van der Waals surface area contributed by atoms with Gasteiger partial charge in [0.25, 0.3) is 10.0 Å². The molecule has 9 heteroatoms. The first-order valence-electron chi connectivity index (χ1n) is 11.6. The van der Waals surface area contributed by atoms with Crippen LogP contribution in [0.15, 0.2) is 59.5 Å². The fraction of sp³-hybridized carbons (Fsp3) is 0.269. The Kier molecular flexibility index (Phi) is 6.88. The topological polar surface area (TPSA) is 106 Å². The third-order valence-corrected chi connectivity index (χ3v) is 7.15. The number of carbonyl (C=O) groups is 1. The minimum atomic E-state index is -4.04. The summed E-state index contributed by atoms with van der Waals surface area (Å²) in [4.78, 5) is 21.4. The second-order valence-corrected chi connectivity index (χ2v) is 10.0. The number of aryl methyl sites for hydroxylation is 3. The molecule has 35 heavy (non-hydrogen) atoms. The number of amides is 2. The van der Waals surface area contributed by atoms with Crippen LogP contribution in [0.25, 0.3) is 22.3 Å². The number of fused-ring (bicyclic) bond motifs is 1. The summed E-state index contributed by atoms with van der Waals surface area (Å²) in [5, 5.41) is 2.45. The van der Waals surface area contributed by atoms with Gasteiger partial charge in [0, 0.05) is 24.2 Å². The summed E-state index contributed by atoms with van der Waals surface area (Å²) in [5.74, 6) is 0.971. The van der Waals surface area contributed by atoms with Gasteiger partial charge >= 0.3 is 6.03 Å². The average molecular weight is 492 g/mol. The average Bonchev–Trinajstić information content (AvgIpc) is 3.17.